The van der Waals surface area contributed by atoms with Gasteiger partial charge in [-0.3, -0.25) is 9.59 Å². The van der Waals surface area contributed by atoms with Gasteiger partial charge in [-0.25, -0.2) is 8.78 Å². The van der Waals surface area contributed by atoms with Crippen LogP contribution >= 0.6 is 0 Å². The maximum absolute atomic E-state index is 13.0. The SMILES string of the molecule is COC(=O)CCN(C)C(=O)Cc1ccc(F)c(F)c1. The van der Waals surface area contributed by atoms with Crippen molar-refractivity contribution in [2.75, 3.05) is 20.7 Å². The second-order valence-corrected chi connectivity index (χ2v) is 4.07. The molecule has 0 N–H and O–H groups in total. The molecule has 0 aliphatic carbocycles. The molecule has 1 rings (SSSR count). The lowest BCUT2D eigenvalue weighted by Gasteiger charge is -2.16. The molecule has 1 aromatic carbocycles. The Morgan fingerprint density at radius 2 is 1.95 bits per heavy atom. The number of ether oxygens (including phenoxy) is 1. The van der Waals surface area contributed by atoms with E-state index < -0.39 is 17.6 Å². The van der Waals surface area contributed by atoms with Crippen LogP contribution in [-0.4, -0.2) is 37.5 Å². The van der Waals surface area contributed by atoms with Gasteiger partial charge in [-0.2, -0.15) is 0 Å². The van der Waals surface area contributed by atoms with Gasteiger partial charge < -0.3 is 9.64 Å². The molecule has 1 amide bonds. The average Bonchev–Trinajstić information content (AvgIpc) is 2.39. The van der Waals surface area contributed by atoms with Crippen LogP contribution in [0.1, 0.15) is 12.0 Å². The number of hydrogen-bond acceptors (Lipinski definition) is 3. The van der Waals surface area contributed by atoms with Gasteiger partial charge in [-0.1, -0.05) is 6.07 Å². The maximum atomic E-state index is 13.0. The highest BCUT2D eigenvalue weighted by Gasteiger charge is 2.12. The number of halogens is 2. The van der Waals surface area contributed by atoms with Crippen molar-refractivity contribution in [2.24, 2.45) is 0 Å². The Labute approximate surface area is 110 Å². The smallest absolute Gasteiger partial charge is 0.307 e. The quantitative estimate of drug-likeness (QED) is 0.763. The van der Waals surface area contributed by atoms with Gasteiger partial charge in [-0.05, 0) is 17.7 Å². The maximum Gasteiger partial charge on any atom is 0.307 e. The number of esters is 1. The summed E-state index contributed by atoms with van der Waals surface area (Å²) in [6.45, 7) is 0.217. The van der Waals surface area contributed by atoms with E-state index in [0.29, 0.717) is 5.56 Å². The van der Waals surface area contributed by atoms with Gasteiger partial charge in [0.2, 0.25) is 5.91 Å². The first-order valence-corrected chi connectivity index (χ1v) is 5.68. The highest BCUT2D eigenvalue weighted by Crippen LogP contribution is 2.10. The van der Waals surface area contributed by atoms with Gasteiger partial charge in [0.05, 0.1) is 20.0 Å². The van der Waals surface area contributed by atoms with Crippen molar-refractivity contribution in [3.63, 3.8) is 0 Å². The molecule has 1 aromatic rings. The number of amides is 1. The predicted molar refractivity (Wildman–Crippen MR) is 64.3 cm³/mol. The van der Waals surface area contributed by atoms with Gasteiger partial charge >= 0.3 is 5.97 Å². The largest absolute Gasteiger partial charge is 0.469 e. The zero-order chi connectivity index (χ0) is 14.4. The van der Waals surface area contributed by atoms with Crippen LogP contribution in [0.25, 0.3) is 0 Å². The molecule has 0 radical (unpaired) electrons. The number of carbonyl (C=O) groups excluding carboxylic acids is 2. The highest BCUT2D eigenvalue weighted by atomic mass is 19.2. The lowest BCUT2D eigenvalue weighted by molar-refractivity contribution is -0.141. The second-order valence-electron chi connectivity index (χ2n) is 4.07. The molecular weight excluding hydrogens is 256 g/mol. The normalized spacial score (nSPS) is 10.1. The van der Waals surface area contributed by atoms with Gasteiger partial charge in [0.15, 0.2) is 11.6 Å². The summed E-state index contributed by atoms with van der Waals surface area (Å²) in [5.74, 6) is -2.62. The number of likely N-dealkylation sites (N-methyl/N-ethyl adjacent to an activating group) is 1. The number of hydrogen-bond donors (Lipinski definition) is 0. The van der Waals surface area contributed by atoms with Crippen molar-refractivity contribution >= 4 is 11.9 Å². The molecular formula is C13H15F2NO3. The number of carbonyl (C=O) groups is 2. The summed E-state index contributed by atoms with van der Waals surface area (Å²) in [5.41, 5.74) is 0.383. The van der Waals surface area contributed by atoms with Gasteiger partial charge in [0.1, 0.15) is 0 Å². The van der Waals surface area contributed by atoms with E-state index in [9.17, 15) is 18.4 Å². The van der Waals surface area contributed by atoms with Crippen molar-refractivity contribution in [3.8, 4) is 0 Å². The third-order valence-electron chi connectivity index (χ3n) is 2.64. The molecule has 6 heteroatoms. The summed E-state index contributed by atoms with van der Waals surface area (Å²) >= 11 is 0. The molecule has 0 bridgehead atoms. The molecule has 0 aromatic heterocycles. The average molecular weight is 271 g/mol. The van der Waals surface area contributed by atoms with Gasteiger partial charge in [0.25, 0.3) is 0 Å². The molecule has 0 aliphatic rings. The Morgan fingerprint density at radius 3 is 2.53 bits per heavy atom. The van der Waals surface area contributed by atoms with E-state index in [0.717, 1.165) is 12.1 Å². The molecule has 0 atom stereocenters. The highest BCUT2D eigenvalue weighted by molar-refractivity contribution is 5.79. The summed E-state index contributed by atoms with van der Waals surface area (Å²) in [4.78, 5) is 24.0. The Kier molecular flexibility index (Phi) is 5.41. The van der Waals surface area contributed by atoms with Crippen LogP contribution in [0.5, 0.6) is 0 Å². The summed E-state index contributed by atoms with van der Waals surface area (Å²) < 4.78 is 30.2. The molecule has 19 heavy (non-hydrogen) atoms. The number of benzene rings is 1. The summed E-state index contributed by atoms with van der Waals surface area (Å²) in [6, 6.07) is 3.32. The van der Waals surface area contributed by atoms with Crippen molar-refractivity contribution in [3.05, 3.63) is 35.4 Å². The Bertz CT molecular complexity index is 477. The van der Waals surface area contributed by atoms with E-state index in [4.69, 9.17) is 0 Å². The van der Waals surface area contributed by atoms with Gasteiger partial charge in [-0.15, -0.1) is 0 Å². The van der Waals surface area contributed by atoms with Crippen LogP contribution in [0.15, 0.2) is 18.2 Å². The third kappa shape index (κ3) is 4.65. The molecule has 0 spiro atoms. The summed E-state index contributed by atoms with van der Waals surface area (Å²) in [5, 5.41) is 0. The van der Waals surface area contributed by atoms with E-state index >= 15 is 0 Å². The molecule has 0 saturated heterocycles. The van der Waals surface area contributed by atoms with Crippen molar-refractivity contribution in [2.45, 2.75) is 12.8 Å². The van der Waals surface area contributed by atoms with Crippen LogP contribution in [0.3, 0.4) is 0 Å². The van der Waals surface area contributed by atoms with E-state index in [1.165, 1.54) is 25.1 Å². The minimum atomic E-state index is -0.984. The van der Waals surface area contributed by atoms with Gasteiger partial charge in [0, 0.05) is 13.6 Å². The second kappa shape index (κ2) is 6.82. The Morgan fingerprint density at radius 1 is 1.26 bits per heavy atom. The van der Waals surface area contributed by atoms with Crippen LogP contribution in [0.4, 0.5) is 8.78 Å². The lowest BCUT2D eigenvalue weighted by Crippen LogP contribution is -2.30. The predicted octanol–water partition coefficient (Wildman–Crippen LogP) is 1.53. The van der Waals surface area contributed by atoms with E-state index in [-0.39, 0.29) is 25.3 Å². The zero-order valence-corrected chi connectivity index (χ0v) is 10.8. The standard InChI is InChI=1S/C13H15F2NO3/c1-16(6-5-13(18)19-2)12(17)8-9-3-4-10(14)11(15)7-9/h3-4,7H,5-6,8H2,1-2H3. The van der Waals surface area contributed by atoms with Crippen molar-refractivity contribution < 1.29 is 23.1 Å². The van der Waals surface area contributed by atoms with Crippen LogP contribution in [0, 0.1) is 11.6 Å². The van der Waals surface area contributed by atoms with Crippen molar-refractivity contribution in [1.29, 1.82) is 0 Å². The molecule has 0 saturated carbocycles. The first-order chi connectivity index (χ1) is 8.93. The number of nitrogens with zero attached hydrogens (tertiary/aromatic N) is 1. The van der Waals surface area contributed by atoms with Crippen LogP contribution in [-0.2, 0) is 20.7 Å². The topological polar surface area (TPSA) is 46.6 Å². The fraction of sp³-hybridized carbons (Fsp3) is 0.385. The number of rotatable bonds is 5. The molecule has 4 nitrogen and oxygen atoms in total. The minimum absolute atomic E-state index is 0.0468. The third-order valence-corrected chi connectivity index (χ3v) is 2.64. The minimum Gasteiger partial charge on any atom is -0.469 e. The molecule has 0 fully saturated rings. The monoisotopic (exact) mass is 271 g/mol. The van der Waals surface area contributed by atoms with Crippen LogP contribution < -0.4 is 0 Å². The molecule has 0 unspecified atom stereocenters. The van der Waals surface area contributed by atoms with Crippen LogP contribution in [0.2, 0.25) is 0 Å². The first kappa shape index (κ1) is 15.1. The molecule has 0 heterocycles. The fourth-order valence-corrected chi connectivity index (χ4v) is 1.44. The molecule has 0 aliphatic heterocycles. The first-order valence-electron chi connectivity index (χ1n) is 5.68. The van der Waals surface area contributed by atoms with E-state index in [1.807, 2.05) is 0 Å². The van der Waals surface area contributed by atoms with E-state index in [1.54, 1.807) is 0 Å². The van der Waals surface area contributed by atoms with Crippen molar-refractivity contribution in [1.82, 2.24) is 4.90 Å². The summed E-state index contributed by atoms with van der Waals surface area (Å²) in [7, 11) is 2.80. The molecule has 104 valence electrons. The zero-order valence-electron chi connectivity index (χ0n) is 10.8. The van der Waals surface area contributed by atoms with E-state index in [2.05, 4.69) is 4.74 Å². The Balaban J connectivity index is 2.53. The number of methoxy groups -OCH3 is 1. The summed E-state index contributed by atoms with van der Waals surface area (Å²) in [6.07, 6.45) is 0.0470. The Hall–Kier alpha value is -1.98. The fourth-order valence-electron chi connectivity index (χ4n) is 1.44. The lowest BCUT2D eigenvalue weighted by atomic mass is 10.1.